The normalized spacial score (nSPS) is 14.8. The summed E-state index contributed by atoms with van der Waals surface area (Å²) in [6, 6.07) is 5.60. The Labute approximate surface area is 173 Å². The van der Waals surface area contributed by atoms with Crippen molar-refractivity contribution in [2.75, 3.05) is 36.5 Å². The van der Waals surface area contributed by atoms with Gasteiger partial charge in [0.25, 0.3) is 5.91 Å². The third-order valence-corrected chi connectivity index (χ3v) is 5.73. The summed E-state index contributed by atoms with van der Waals surface area (Å²) >= 11 is 0. The van der Waals surface area contributed by atoms with E-state index in [1.807, 2.05) is 4.90 Å². The summed E-state index contributed by atoms with van der Waals surface area (Å²) in [5, 5.41) is 8.42. The molecule has 0 radical (unpaired) electrons. The first-order valence-corrected chi connectivity index (χ1v) is 10.8. The van der Waals surface area contributed by atoms with Gasteiger partial charge in [0.2, 0.25) is 15.7 Å². The molecule has 0 bridgehead atoms. The van der Waals surface area contributed by atoms with E-state index in [4.69, 9.17) is 14.3 Å². The molecule has 1 aliphatic rings. The lowest BCUT2D eigenvalue weighted by molar-refractivity contribution is 0.102. The number of carbonyl (C=O) groups excluding carboxylic acids is 1. The van der Waals surface area contributed by atoms with Crippen molar-refractivity contribution in [1.29, 1.82) is 0 Å². The Morgan fingerprint density at radius 3 is 2.43 bits per heavy atom. The number of carbonyl (C=O) groups is 1. The zero-order valence-corrected chi connectivity index (χ0v) is 17.3. The van der Waals surface area contributed by atoms with Crippen molar-refractivity contribution >= 4 is 38.5 Å². The minimum atomic E-state index is -3.81. The number of fused-ring (bicyclic) bond motifs is 1. The number of furan rings is 1. The van der Waals surface area contributed by atoms with Crippen molar-refractivity contribution in [3.05, 3.63) is 41.4 Å². The largest absolute Gasteiger partial charge is 0.442 e. The van der Waals surface area contributed by atoms with Crippen LogP contribution in [-0.4, -0.2) is 50.6 Å². The van der Waals surface area contributed by atoms with Gasteiger partial charge in [0, 0.05) is 18.8 Å². The quantitative estimate of drug-likeness (QED) is 0.634. The van der Waals surface area contributed by atoms with Crippen molar-refractivity contribution in [1.82, 2.24) is 9.97 Å². The molecule has 1 aliphatic heterocycles. The number of morpholine rings is 1. The molecule has 3 heterocycles. The van der Waals surface area contributed by atoms with Gasteiger partial charge in [-0.2, -0.15) is 4.98 Å². The highest BCUT2D eigenvalue weighted by Crippen LogP contribution is 2.33. The number of aryl methyl sites for hydroxylation is 2. The summed E-state index contributed by atoms with van der Waals surface area (Å²) in [5.41, 5.74) is 1.10. The van der Waals surface area contributed by atoms with Crippen LogP contribution in [0.1, 0.15) is 21.9 Å². The molecule has 11 heteroatoms. The molecule has 4 rings (SSSR count). The van der Waals surface area contributed by atoms with Crippen LogP contribution in [0.15, 0.2) is 33.6 Å². The number of aromatic nitrogens is 2. The molecule has 0 saturated carbocycles. The Balaban J connectivity index is 1.72. The number of rotatable bonds is 4. The molecule has 3 N–H and O–H groups in total. The number of benzene rings is 1. The maximum absolute atomic E-state index is 13.1. The second-order valence-corrected chi connectivity index (χ2v) is 8.49. The maximum atomic E-state index is 13.1. The van der Waals surface area contributed by atoms with E-state index in [9.17, 15) is 13.2 Å². The van der Waals surface area contributed by atoms with Gasteiger partial charge in [0.15, 0.2) is 0 Å². The van der Waals surface area contributed by atoms with E-state index < -0.39 is 15.9 Å². The third-order valence-electron chi connectivity index (χ3n) is 4.80. The number of amides is 1. The van der Waals surface area contributed by atoms with E-state index in [1.54, 1.807) is 13.8 Å². The van der Waals surface area contributed by atoms with Crippen LogP contribution in [0.4, 0.5) is 11.5 Å². The van der Waals surface area contributed by atoms with Crippen molar-refractivity contribution < 1.29 is 22.4 Å². The summed E-state index contributed by atoms with van der Waals surface area (Å²) in [6.07, 6.45) is 0. The zero-order chi connectivity index (χ0) is 21.5. The number of ether oxygens (including phenoxy) is 1. The van der Waals surface area contributed by atoms with Gasteiger partial charge >= 0.3 is 0 Å². The van der Waals surface area contributed by atoms with Crippen LogP contribution in [0.3, 0.4) is 0 Å². The van der Waals surface area contributed by atoms with Crippen molar-refractivity contribution in [2.24, 2.45) is 5.14 Å². The predicted molar refractivity (Wildman–Crippen MR) is 110 cm³/mol. The van der Waals surface area contributed by atoms with Gasteiger partial charge in [-0.1, -0.05) is 0 Å². The van der Waals surface area contributed by atoms with Crippen LogP contribution < -0.4 is 15.4 Å². The minimum absolute atomic E-state index is 0.0380. The Bertz CT molecular complexity index is 1210. The first kappa shape index (κ1) is 20.3. The molecule has 1 fully saturated rings. The summed E-state index contributed by atoms with van der Waals surface area (Å²) in [5.74, 6) is 1.19. The smallest absolute Gasteiger partial charge is 0.260 e. The van der Waals surface area contributed by atoms with E-state index in [0.717, 1.165) is 0 Å². The van der Waals surface area contributed by atoms with Crippen LogP contribution in [0, 0.1) is 13.8 Å². The zero-order valence-electron chi connectivity index (χ0n) is 16.5. The summed E-state index contributed by atoms with van der Waals surface area (Å²) in [7, 11) is -3.81. The summed E-state index contributed by atoms with van der Waals surface area (Å²) < 4.78 is 34.0. The minimum Gasteiger partial charge on any atom is -0.442 e. The van der Waals surface area contributed by atoms with Crippen molar-refractivity contribution in [3.63, 3.8) is 0 Å². The lowest BCUT2D eigenvalue weighted by atomic mass is 10.1. The number of sulfonamides is 1. The fraction of sp³-hybridized carbons (Fsp3) is 0.316. The van der Waals surface area contributed by atoms with Gasteiger partial charge in [-0.15, -0.1) is 0 Å². The fourth-order valence-electron chi connectivity index (χ4n) is 3.40. The third kappa shape index (κ3) is 3.86. The van der Waals surface area contributed by atoms with Gasteiger partial charge in [0.1, 0.15) is 17.4 Å². The highest BCUT2D eigenvalue weighted by Gasteiger charge is 2.27. The molecule has 0 spiro atoms. The maximum Gasteiger partial charge on any atom is 0.260 e. The highest BCUT2D eigenvalue weighted by molar-refractivity contribution is 7.89. The Morgan fingerprint density at radius 1 is 1.13 bits per heavy atom. The van der Waals surface area contributed by atoms with Crippen LogP contribution in [-0.2, 0) is 14.8 Å². The molecule has 1 aromatic carbocycles. The monoisotopic (exact) mass is 431 g/mol. The standard InChI is InChI=1S/C19H21N5O5S/c1-11-15(18(25)23-13-3-5-14(6-4-13)30(20,26)27)16-17(24-7-9-28-10-8-24)21-12(2)22-19(16)29-11/h3-6H,7-10H2,1-2H3,(H,23,25)(H2,20,26,27). The molecule has 0 atom stereocenters. The average Bonchev–Trinajstić information content (AvgIpc) is 3.03. The molecule has 30 heavy (non-hydrogen) atoms. The van der Waals surface area contributed by atoms with Crippen LogP contribution in [0.5, 0.6) is 0 Å². The molecular formula is C19H21N5O5S. The fourth-order valence-corrected chi connectivity index (χ4v) is 3.91. The predicted octanol–water partition coefficient (Wildman–Crippen LogP) is 1.58. The molecule has 0 unspecified atom stereocenters. The molecule has 1 saturated heterocycles. The molecule has 2 aromatic heterocycles. The van der Waals surface area contributed by atoms with Crippen molar-refractivity contribution in [3.8, 4) is 0 Å². The molecule has 158 valence electrons. The highest BCUT2D eigenvalue weighted by atomic mass is 32.2. The molecule has 1 amide bonds. The number of primary sulfonamides is 1. The van der Waals surface area contributed by atoms with E-state index >= 15 is 0 Å². The second kappa shape index (κ2) is 7.67. The number of nitrogens with two attached hydrogens (primary N) is 1. The SMILES string of the molecule is Cc1nc(N2CCOCC2)c2c(C(=O)Nc3ccc(S(N)(=O)=O)cc3)c(C)oc2n1. The van der Waals surface area contributed by atoms with E-state index in [-0.39, 0.29) is 4.90 Å². The molecular weight excluding hydrogens is 410 g/mol. The summed E-state index contributed by atoms with van der Waals surface area (Å²) in [6.45, 7) is 5.89. The molecule has 0 aliphatic carbocycles. The van der Waals surface area contributed by atoms with Gasteiger partial charge < -0.3 is 19.4 Å². The molecule has 10 nitrogen and oxygen atoms in total. The van der Waals surface area contributed by atoms with Gasteiger partial charge in [-0.25, -0.2) is 18.5 Å². The van der Waals surface area contributed by atoms with Crippen LogP contribution >= 0.6 is 0 Å². The van der Waals surface area contributed by atoms with Gasteiger partial charge in [0.05, 0.1) is 29.1 Å². The van der Waals surface area contributed by atoms with Crippen LogP contribution in [0.2, 0.25) is 0 Å². The van der Waals surface area contributed by atoms with E-state index in [0.29, 0.717) is 66.1 Å². The van der Waals surface area contributed by atoms with Crippen LogP contribution in [0.25, 0.3) is 11.1 Å². The number of hydrogen-bond donors (Lipinski definition) is 2. The Kier molecular flexibility index (Phi) is 5.18. The summed E-state index contributed by atoms with van der Waals surface area (Å²) in [4.78, 5) is 24.0. The Morgan fingerprint density at radius 2 is 1.80 bits per heavy atom. The lowest BCUT2D eigenvalue weighted by Crippen LogP contribution is -2.37. The Hall–Kier alpha value is -3.02. The first-order chi connectivity index (χ1) is 14.2. The number of hydrogen-bond acceptors (Lipinski definition) is 8. The van der Waals surface area contributed by atoms with E-state index in [2.05, 4.69) is 15.3 Å². The number of anilines is 2. The van der Waals surface area contributed by atoms with Crippen molar-refractivity contribution in [2.45, 2.75) is 18.7 Å². The van der Waals surface area contributed by atoms with Gasteiger partial charge in [-0.05, 0) is 38.1 Å². The lowest BCUT2D eigenvalue weighted by Gasteiger charge is -2.28. The average molecular weight is 431 g/mol. The van der Waals surface area contributed by atoms with E-state index in [1.165, 1.54) is 24.3 Å². The second-order valence-electron chi connectivity index (χ2n) is 6.93. The first-order valence-electron chi connectivity index (χ1n) is 9.28. The number of nitrogens with one attached hydrogen (secondary N) is 1. The molecule has 3 aromatic rings. The topological polar surface area (TPSA) is 141 Å². The number of nitrogens with zero attached hydrogens (tertiary/aromatic N) is 3. The van der Waals surface area contributed by atoms with Gasteiger partial charge in [-0.3, -0.25) is 4.79 Å².